The molecule has 0 saturated heterocycles. The van der Waals surface area contributed by atoms with E-state index in [9.17, 15) is 21.6 Å². The molecule has 6 nitrogen and oxygen atoms in total. The number of ether oxygens (including phenoxy) is 1. The number of alkyl halides is 3. The Labute approximate surface area is 189 Å². The van der Waals surface area contributed by atoms with Gasteiger partial charge in [0.1, 0.15) is 0 Å². The van der Waals surface area contributed by atoms with E-state index in [0.29, 0.717) is 38.5 Å². The van der Waals surface area contributed by atoms with Crippen LogP contribution in [-0.2, 0) is 20.9 Å². The van der Waals surface area contributed by atoms with Crippen LogP contribution in [0, 0.1) is 5.92 Å². The maximum atomic E-state index is 12.8. The van der Waals surface area contributed by atoms with Crippen LogP contribution in [-0.4, -0.2) is 75.3 Å². The highest BCUT2D eigenvalue weighted by Crippen LogP contribution is 2.32. The second-order valence-corrected chi connectivity index (χ2v) is 10.3. The van der Waals surface area contributed by atoms with Crippen molar-refractivity contribution in [1.82, 2.24) is 9.21 Å². The van der Waals surface area contributed by atoms with Crippen molar-refractivity contribution in [2.24, 2.45) is 5.92 Å². The number of hydrogen-bond acceptors (Lipinski definition) is 5. The van der Waals surface area contributed by atoms with E-state index >= 15 is 0 Å². The number of aliphatic hydroxyl groups is 1. The number of hydrogen-bond donors (Lipinski definition) is 1. The van der Waals surface area contributed by atoms with Crippen LogP contribution in [0.2, 0.25) is 0 Å². The molecule has 1 aromatic carbocycles. The van der Waals surface area contributed by atoms with Crippen LogP contribution in [0.4, 0.5) is 13.2 Å². The summed E-state index contributed by atoms with van der Waals surface area (Å²) in [4.78, 5) is 2.04. The topological polar surface area (TPSA) is 70.1 Å². The Morgan fingerprint density at radius 1 is 1.09 bits per heavy atom. The summed E-state index contributed by atoms with van der Waals surface area (Å²) in [5.74, 6) is 0.383. The van der Waals surface area contributed by atoms with Gasteiger partial charge in [-0.15, -0.1) is 0 Å². The highest BCUT2D eigenvalue weighted by molar-refractivity contribution is 7.89. The SMILES string of the molecule is CCN(CCO)CCCOCC1CCC(N(C)S(=O)(=O)c2ccc(C(F)(F)F)cc2)CC1. The van der Waals surface area contributed by atoms with E-state index in [1.165, 1.54) is 11.4 Å². The monoisotopic (exact) mass is 480 g/mol. The molecule has 0 unspecified atom stereocenters. The quantitative estimate of drug-likeness (QED) is 0.463. The van der Waals surface area contributed by atoms with E-state index in [1.54, 1.807) is 0 Å². The number of benzene rings is 1. The summed E-state index contributed by atoms with van der Waals surface area (Å²) in [5.41, 5.74) is -0.865. The Kier molecular flexibility index (Phi) is 10.4. The van der Waals surface area contributed by atoms with E-state index in [1.807, 2.05) is 0 Å². The molecule has 0 heterocycles. The number of likely N-dealkylation sites (N-methyl/N-ethyl adjacent to an activating group) is 1. The summed E-state index contributed by atoms with van der Waals surface area (Å²) >= 11 is 0. The molecule has 0 amide bonds. The van der Waals surface area contributed by atoms with E-state index in [2.05, 4.69) is 11.8 Å². The lowest BCUT2D eigenvalue weighted by molar-refractivity contribution is -0.137. The Bertz CT molecular complexity index is 779. The largest absolute Gasteiger partial charge is 0.416 e. The second kappa shape index (κ2) is 12.3. The Morgan fingerprint density at radius 3 is 2.25 bits per heavy atom. The van der Waals surface area contributed by atoms with E-state index in [-0.39, 0.29) is 17.5 Å². The number of halogens is 3. The first kappa shape index (κ1) is 27.0. The van der Waals surface area contributed by atoms with Gasteiger partial charge in [-0.25, -0.2) is 8.42 Å². The first-order chi connectivity index (χ1) is 15.1. The minimum atomic E-state index is -4.50. The Hall–Kier alpha value is -1.20. The molecule has 1 aliphatic carbocycles. The van der Waals surface area contributed by atoms with Gasteiger partial charge < -0.3 is 14.7 Å². The lowest BCUT2D eigenvalue weighted by Crippen LogP contribution is -2.40. The summed E-state index contributed by atoms with van der Waals surface area (Å²) in [5, 5.41) is 9.00. The molecule has 2 rings (SSSR count). The summed E-state index contributed by atoms with van der Waals surface area (Å²) in [7, 11) is -2.35. The molecule has 0 aliphatic heterocycles. The van der Waals surface area contributed by atoms with Crippen molar-refractivity contribution in [1.29, 1.82) is 0 Å². The molecule has 1 saturated carbocycles. The minimum Gasteiger partial charge on any atom is -0.395 e. The van der Waals surface area contributed by atoms with Crippen molar-refractivity contribution >= 4 is 10.0 Å². The average molecular weight is 481 g/mol. The van der Waals surface area contributed by atoms with Gasteiger partial charge in [0.25, 0.3) is 0 Å². The summed E-state index contributed by atoms with van der Waals surface area (Å²) in [6.45, 7) is 5.97. The summed E-state index contributed by atoms with van der Waals surface area (Å²) in [6.07, 6.45) is -0.498. The molecule has 1 fully saturated rings. The second-order valence-electron chi connectivity index (χ2n) is 8.30. The third kappa shape index (κ3) is 7.69. The molecule has 0 atom stereocenters. The maximum Gasteiger partial charge on any atom is 0.416 e. The molecule has 1 aromatic rings. The zero-order valence-corrected chi connectivity index (χ0v) is 19.7. The van der Waals surface area contributed by atoms with Crippen LogP contribution < -0.4 is 0 Å². The Balaban J connectivity index is 1.77. The first-order valence-corrected chi connectivity index (χ1v) is 12.6. The first-order valence-electron chi connectivity index (χ1n) is 11.2. The molecule has 32 heavy (non-hydrogen) atoms. The third-order valence-corrected chi connectivity index (χ3v) is 8.09. The van der Waals surface area contributed by atoms with E-state index in [4.69, 9.17) is 9.84 Å². The molecule has 184 valence electrons. The summed E-state index contributed by atoms with van der Waals surface area (Å²) in [6, 6.07) is 3.48. The molecule has 0 aromatic heterocycles. The standard InChI is InChI=1S/C22H35F3N2O4S/c1-3-27(14-15-28)13-4-16-31-17-18-5-9-20(10-6-18)26(2)32(29,30)21-11-7-19(8-12-21)22(23,24)25/h7-8,11-12,18,20,28H,3-6,9-10,13-17H2,1-2H3. The third-order valence-electron chi connectivity index (χ3n) is 6.17. The molecule has 0 radical (unpaired) electrons. The van der Waals surface area contributed by atoms with Crippen LogP contribution in [0.15, 0.2) is 29.2 Å². The van der Waals surface area contributed by atoms with Crippen LogP contribution in [0.1, 0.15) is 44.6 Å². The molecule has 10 heteroatoms. The zero-order valence-electron chi connectivity index (χ0n) is 18.9. The number of sulfonamides is 1. The van der Waals surface area contributed by atoms with Gasteiger partial charge in [-0.05, 0) is 68.8 Å². The van der Waals surface area contributed by atoms with Crippen LogP contribution in [0.5, 0.6) is 0 Å². The van der Waals surface area contributed by atoms with E-state index in [0.717, 1.165) is 56.6 Å². The normalized spacial score (nSPS) is 20.2. The van der Waals surface area contributed by atoms with Gasteiger partial charge in [0.15, 0.2) is 0 Å². The maximum absolute atomic E-state index is 12.8. The van der Waals surface area contributed by atoms with Gasteiger partial charge in [0, 0.05) is 39.4 Å². The van der Waals surface area contributed by atoms with Crippen molar-refractivity contribution in [2.75, 3.05) is 46.5 Å². The number of aliphatic hydroxyl groups excluding tert-OH is 1. The molecule has 1 N–H and O–H groups in total. The fourth-order valence-electron chi connectivity index (χ4n) is 4.06. The molecular weight excluding hydrogens is 445 g/mol. The fraction of sp³-hybridized carbons (Fsp3) is 0.727. The Morgan fingerprint density at radius 2 is 1.72 bits per heavy atom. The molecule has 0 bridgehead atoms. The van der Waals surface area contributed by atoms with Crippen molar-refractivity contribution in [3.05, 3.63) is 29.8 Å². The summed E-state index contributed by atoms with van der Waals surface area (Å²) < 4.78 is 71.0. The zero-order chi connectivity index (χ0) is 23.8. The van der Waals surface area contributed by atoms with Gasteiger partial charge in [-0.3, -0.25) is 0 Å². The molecular formula is C22H35F3N2O4S. The van der Waals surface area contributed by atoms with Crippen molar-refractivity contribution in [3.63, 3.8) is 0 Å². The lowest BCUT2D eigenvalue weighted by atomic mass is 9.86. The minimum absolute atomic E-state index is 0.124. The van der Waals surface area contributed by atoms with Crippen molar-refractivity contribution in [3.8, 4) is 0 Å². The van der Waals surface area contributed by atoms with Gasteiger partial charge >= 0.3 is 6.18 Å². The van der Waals surface area contributed by atoms with Gasteiger partial charge in [0.05, 0.1) is 17.1 Å². The smallest absolute Gasteiger partial charge is 0.395 e. The van der Waals surface area contributed by atoms with Gasteiger partial charge in [0.2, 0.25) is 10.0 Å². The van der Waals surface area contributed by atoms with Crippen LogP contribution in [0.25, 0.3) is 0 Å². The van der Waals surface area contributed by atoms with Crippen LogP contribution in [0.3, 0.4) is 0 Å². The lowest BCUT2D eigenvalue weighted by Gasteiger charge is -2.34. The predicted octanol–water partition coefficient (Wildman–Crippen LogP) is 3.61. The predicted molar refractivity (Wildman–Crippen MR) is 117 cm³/mol. The fourth-order valence-corrected chi connectivity index (χ4v) is 5.48. The highest BCUT2D eigenvalue weighted by Gasteiger charge is 2.33. The van der Waals surface area contributed by atoms with E-state index < -0.39 is 21.8 Å². The molecule has 0 spiro atoms. The van der Waals surface area contributed by atoms with Gasteiger partial charge in [-0.2, -0.15) is 17.5 Å². The average Bonchev–Trinajstić information content (AvgIpc) is 2.77. The van der Waals surface area contributed by atoms with Crippen molar-refractivity contribution < 1.29 is 31.4 Å². The number of nitrogens with zero attached hydrogens (tertiary/aromatic N) is 2. The van der Waals surface area contributed by atoms with Crippen molar-refractivity contribution in [2.45, 2.75) is 56.1 Å². The highest BCUT2D eigenvalue weighted by atomic mass is 32.2. The van der Waals surface area contributed by atoms with Crippen LogP contribution >= 0.6 is 0 Å². The molecule has 1 aliphatic rings. The number of rotatable bonds is 12. The van der Waals surface area contributed by atoms with Gasteiger partial charge in [-0.1, -0.05) is 6.92 Å².